The molecule has 6 heterocycles. The van der Waals surface area contributed by atoms with E-state index in [4.69, 9.17) is 26.1 Å². The summed E-state index contributed by atoms with van der Waals surface area (Å²) in [5.41, 5.74) is 1.95. The fourth-order valence-corrected chi connectivity index (χ4v) is 5.69. The number of alkyl halides is 3. The molecule has 7 rings (SSSR count). The van der Waals surface area contributed by atoms with Crippen LogP contribution in [0, 0.1) is 5.82 Å². The Kier molecular flexibility index (Phi) is 8.21. The molecule has 0 radical (unpaired) electrons. The Balaban J connectivity index is 1.03. The van der Waals surface area contributed by atoms with Crippen molar-refractivity contribution < 1.29 is 27.0 Å². The number of nitrogens with zero attached hydrogens (tertiary/aromatic N) is 7. The number of ether oxygens (including phenoxy) is 2. The van der Waals surface area contributed by atoms with Crippen molar-refractivity contribution in [1.82, 2.24) is 39.6 Å². The number of aromatic nitrogens is 7. The maximum Gasteiger partial charge on any atom is 0.451 e. The van der Waals surface area contributed by atoms with E-state index in [1.165, 1.54) is 6.07 Å². The molecule has 2 unspecified atom stereocenters. The molecular weight excluding hydrogens is 630 g/mol. The molecule has 11 nitrogen and oxygen atoms in total. The van der Waals surface area contributed by atoms with Gasteiger partial charge in [0.15, 0.2) is 5.82 Å². The molecule has 0 amide bonds. The van der Waals surface area contributed by atoms with Gasteiger partial charge in [-0.1, -0.05) is 23.7 Å². The highest BCUT2D eigenvalue weighted by molar-refractivity contribution is 6.30. The maximum atomic E-state index is 14.1. The molecule has 2 aliphatic heterocycles. The van der Waals surface area contributed by atoms with Crippen molar-refractivity contribution in [2.45, 2.75) is 50.9 Å². The standard InChI is InChI=1S/C30H28ClF4N9O2/c31-18-5-4-17(21(32)10-18)16-46-27-3-1-2-25(39-27)37-19-6-8-43(13-19)15-26-38-22-11-23(28-40-29(42-41-28)30(33,34)35)36-12-24(22)44(26)14-20-7-9-45-20/h1-5,10-12,19-20H,6-9,13-16H2,(H,37,39)(H,40,41,42). The third kappa shape index (κ3) is 6.62. The smallest absolute Gasteiger partial charge is 0.451 e. The molecule has 5 aromatic rings. The Morgan fingerprint density at radius 2 is 1.98 bits per heavy atom. The number of anilines is 1. The van der Waals surface area contributed by atoms with Gasteiger partial charge in [0, 0.05) is 42.4 Å². The monoisotopic (exact) mass is 657 g/mol. The number of hydrogen-bond acceptors (Lipinski definition) is 9. The van der Waals surface area contributed by atoms with Crippen molar-refractivity contribution in [3.63, 3.8) is 0 Å². The summed E-state index contributed by atoms with van der Waals surface area (Å²) >= 11 is 5.83. The van der Waals surface area contributed by atoms with Gasteiger partial charge in [0.05, 0.1) is 36.4 Å². The molecule has 16 heteroatoms. The van der Waals surface area contributed by atoms with Gasteiger partial charge >= 0.3 is 6.18 Å². The molecule has 46 heavy (non-hydrogen) atoms. The zero-order valence-corrected chi connectivity index (χ0v) is 25.0. The van der Waals surface area contributed by atoms with Crippen molar-refractivity contribution in [3.8, 4) is 17.4 Å². The average Bonchev–Trinajstić information content (AvgIpc) is 3.74. The zero-order valence-electron chi connectivity index (χ0n) is 24.3. The highest BCUT2D eigenvalue weighted by Gasteiger charge is 2.35. The van der Waals surface area contributed by atoms with Crippen LogP contribution in [0.3, 0.4) is 0 Å². The summed E-state index contributed by atoms with van der Waals surface area (Å²) in [7, 11) is 0. The lowest BCUT2D eigenvalue weighted by Gasteiger charge is -2.28. The largest absolute Gasteiger partial charge is 0.473 e. The van der Waals surface area contributed by atoms with Gasteiger partial charge in [-0.25, -0.2) is 9.37 Å². The summed E-state index contributed by atoms with van der Waals surface area (Å²) in [6.45, 7) is 3.42. The van der Waals surface area contributed by atoms with E-state index in [0.29, 0.717) is 47.5 Å². The Morgan fingerprint density at radius 3 is 2.74 bits per heavy atom. The van der Waals surface area contributed by atoms with E-state index in [2.05, 4.69) is 39.9 Å². The van der Waals surface area contributed by atoms with E-state index in [0.717, 1.165) is 37.3 Å². The molecule has 0 aliphatic carbocycles. The van der Waals surface area contributed by atoms with Crippen molar-refractivity contribution in [1.29, 1.82) is 0 Å². The number of H-pyrrole nitrogens is 1. The van der Waals surface area contributed by atoms with E-state index < -0.39 is 17.8 Å². The number of rotatable bonds is 10. The van der Waals surface area contributed by atoms with Crippen LogP contribution in [0.2, 0.25) is 5.02 Å². The normalized spacial score (nSPS) is 18.6. The van der Waals surface area contributed by atoms with Crippen molar-refractivity contribution in [2.24, 2.45) is 0 Å². The highest BCUT2D eigenvalue weighted by atomic mass is 35.5. The second kappa shape index (κ2) is 12.5. The molecular formula is C30H28ClF4N9O2. The number of benzene rings is 1. The van der Waals surface area contributed by atoms with Crippen LogP contribution in [0.5, 0.6) is 5.88 Å². The molecule has 1 aromatic carbocycles. The van der Waals surface area contributed by atoms with Crippen LogP contribution in [0.15, 0.2) is 48.7 Å². The molecule has 0 saturated carbocycles. The zero-order chi connectivity index (χ0) is 31.8. The molecule has 4 aromatic heterocycles. The molecule has 0 bridgehead atoms. The first-order chi connectivity index (χ1) is 22.2. The van der Waals surface area contributed by atoms with E-state index in [-0.39, 0.29) is 30.3 Å². The minimum absolute atomic E-state index is 0.0214. The van der Waals surface area contributed by atoms with Gasteiger partial charge in [0.25, 0.3) is 0 Å². The molecule has 2 saturated heterocycles. The number of imidazole rings is 1. The first kappa shape index (κ1) is 30.3. The number of aromatic amines is 1. The molecule has 240 valence electrons. The molecule has 2 N–H and O–H groups in total. The average molecular weight is 658 g/mol. The van der Waals surface area contributed by atoms with Gasteiger partial charge < -0.3 is 24.3 Å². The Bertz CT molecular complexity index is 1860. The van der Waals surface area contributed by atoms with Gasteiger partial charge in [-0.3, -0.25) is 9.88 Å². The fraction of sp³-hybridized carbons (Fsp3) is 0.367. The summed E-state index contributed by atoms with van der Waals surface area (Å²) in [5.74, 6) is 0.123. The number of fused-ring (bicyclic) bond motifs is 1. The Morgan fingerprint density at radius 1 is 1.11 bits per heavy atom. The quantitative estimate of drug-likeness (QED) is 0.188. The van der Waals surface area contributed by atoms with E-state index in [9.17, 15) is 17.6 Å². The van der Waals surface area contributed by atoms with Crippen LogP contribution < -0.4 is 10.1 Å². The number of halogens is 5. The lowest BCUT2D eigenvalue weighted by atomic mass is 10.2. The number of nitrogens with one attached hydrogen (secondary N) is 2. The number of pyridine rings is 2. The van der Waals surface area contributed by atoms with E-state index >= 15 is 0 Å². The summed E-state index contributed by atoms with van der Waals surface area (Å²) in [6.07, 6.45) is -1.17. The van der Waals surface area contributed by atoms with Crippen molar-refractivity contribution in [3.05, 3.63) is 76.7 Å². The van der Waals surface area contributed by atoms with Crippen LogP contribution in [0.25, 0.3) is 22.6 Å². The van der Waals surface area contributed by atoms with Crippen molar-refractivity contribution >= 4 is 28.5 Å². The van der Waals surface area contributed by atoms with Gasteiger partial charge in [0.1, 0.15) is 29.8 Å². The Labute approximate surface area is 264 Å². The number of likely N-dealkylation sites (tertiary alicyclic amines) is 1. The minimum Gasteiger partial charge on any atom is -0.473 e. The molecule has 2 fully saturated rings. The van der Waals surface area contributed by atoms with Gasteiger partial charge in [-0.05, 0) is 37.1 Å². The van der Waals surface area contributed by atoms with Gasteiger partial charge in [-0.15, -0.1) is 10.2 Å². The number of hydrogen-bond donors (Lipinski definition) is 2. The van der Waals surface area contributed by atoms with Crippen LogP contribution in [-0.2, 0) is 30.6 Å². The highest BCUT2D eigenvalue weighted by Crippen LogP contribution is 2.29. The van der Waals surface area contributed by atoms with Crippen LogP contribution >= 0.6 is 11.6 Å². The Hall–Kier alpha value is -4.34. The molecule has 2 atom stereocenters. The van der Waals surface area contributed by atoms with Gasteiger partial charge in [0.2, 0.25) is 11.7 Å². The lowest BCUT2D eigenvalue weighted by Crippen LogP contribution is -2.33. The predicted molar refractivity (Wildman–Crippen MR) is 160 cm³/mol. The lowest BCUT2D eigenvalue weighted by molar-refractivity contribution is -0.144. The second-order valence-corrected chi connectivity index (χ2v) is 11.7. The second-order valence-electron chi connectivity index (χ2n) is 11.2. The minimum atomic E-state index is -4.64. The first-order valence-corrected chi connectivity index (χ1v) is 15.1. The van der Waals surface area contributed by atoms with E-state index in [1.54, 1.807) is 30.5 Å². The SMILES string of the molecule is Fc1cc(Cl)ccc1COc1cccc(NC2CCN(Cc3nc4cc(-c5nnc(C(F)(F)F)[nH]5)ncc4n3CC3CCO3)C2)n1. The van der Waals surface area contributed by atoms with Gasteiger partial charge in [-0.2, -0.15) is 18.2 Å². The third-order valence-electron chi connectivity index (χ3n) is 7.99. The maximum absolute atomic E-state index is 14.1. The molecule has 2 aliphatic rings. The van der Waals surface area contributed by atoms with Crippen LogP contribution in [0.1, 0.15) is 30.1 Å². The summed E-state index contributed by atoms with van der Waals surface area (Å²) in [6, 6.07) is 11.6. The summed E-state index contributed by atoms with van der Waals surface area (Å²) < 4.78 is 66.8. The summed E-state index contributed by atoms with van der Waals surface area (Å²) in [4.78, 5) is 18.2. The predicted octanol–water partition coefficient (Wildman–Crippen LogP) is 5.48. The van der Waals surface area contributed by atoms with Crippen LogP contribution in [0.4, 0.5) is 23.4 Å². The first-order valence-electron chi connectivity index (χ1n) is 14.7. The van der Waals surface area contributed by atoms with E-state index in [1.807, 2.05) is 12.1 Å². The fourth-order valence-electron chi connectivity index (χ4n) is 5.53. The van der Waals surface area contributed by atoms with Crippen molar-refractivity contribution in [2.75, 3.05) is 25.0 Å². The molecule has 0 spiro atoms. The third-order valence-corrected chi connectivity index (χ3v) is 8.23. The topological polar surface area (TPSA) is 119 Å². The summed E-state index contributed by atoms with van der Waals surface area (Å²) in [5, 5.41) is 10.6. The van der Waals surface area contributed by atoms with Crippen LogP contribution in [-0.4, -0.2) is 71.4 Å².